The lowest BCUT2D eigenvalue weighted by Crippen LogP contribution is -2.54. The number of likely N-dealkylation sites (tertiary alicyclic amines) is 1. The van der Waals surface area contributed by atoms with Gasteiger partial charge >= 0.3 is 6.09 Å². The monoisotopic (exact) mass is 576 g/mol. The molecule has 4 amide bonds. The Morgan fingerprint density at radius 3 is 2.10 bits per heavy atom. The maximum atomic E-state index is 13.3. The van der Waals surface area contributed by atoms with Gasteiger partial charge in [-0.25, -0.2) is 4.79 Å². The van der Waals surface area contributed by atoms with Gasteiger partial charge in [0, 0.05) is 24.7 Å². The lowest BCUT2D eigenvalue weighted by Gasteiger charge is -2.34. The van der Waals surface area contributed by atoms with Gasteiger partial charge in [0.25, 0.3) is 0 Å². The fourth-order valence-corrected chi connectivity index (χ4v) is 4.97. The number of nitrogens with one attached hydrogen (secondary N) is 3. The number of benzene rings is 1. The number of alkyl carbamates (subject to hydrolysis) is 1. The molecule has 0 unspecified atom stereocenters. The molecule has 3 N–H and O–H groups in total. The number of hydrogen-bond donors (Lipinski definition) is 3. The normalized spacial score (nSPS) is 15.9. The molecule has 1 aliphatic heterocycles. The minimum Gasteiger partial charge on any atom is -0.444 e. The average molecular weight is 577 g/mol. The van der Waals surface area contributed by atoms with Gasteiger partial charge in [0.1, 0.15) is 17.7 Å². The first-order chi connectivity index (χ1) is 18.7. The van der Waals surface area contributed by atoms with E-state index < -0.39 is 23.8 Å². The highest BCUT2D eigenvalue weighted by Gasteiger charge is 2.34. The third kappa shape index (κ3) is 10.7. The van der Waals surface area contributed by atoms with E-state index in [1.165, 1.54) is 5.56 Å². The van der Waals surface area contributed by atoms with Gasteiger partial charge < -0.3 is 25.6 Å². The Morgan fingerprint density at radius 2 is 1.60 bits per heavy atom. The van der Waals surface area contributed by atoms with Crippen molar-refractivity contribution in [2.24, 2.45) is 11.8 Å². The van der Waals surface area contributed by atoms with Crippen molar-refractivity contribution < 1.29 is 23.9 Å². The summed E-state index contributed by atoms with van der Waals surface area (Å²) in [6.07, 6.45) is 2.80. The van der Waals surface area contributed by atoms with Crippen molar-refractivity contribution in [3.8, 4) is 0 Å². The third-order valence-electron chi connectivity index (χ3n) is 6.87. The van der Waals surface area contributed by atoms with Crippen LogP contribution in [-0.4, -0.2) is 71.5 Å². The summed E-state index contributed by atoms with van der Waals surface area (Å²) in [7, 11) is 0. The molecule has 224 valence electrons. The van der Waals surface area contributed by atoms with Crippen LogP contribution in [0.3, 0.4) is 0 Å². The molecule has 0 bridgehead atoms. The number of ether oxygens (including phenoxy) is 1. The number of amides is 4. The summed E-state index contributed by atoms with van der Waals surface area (Å²) in [5, 5.41) is 8.60. The Hall–Kier alpha value is -2.75. The zero-order valence-electron chi connectivity index (χ0n) is 25.3. The van der Waals surface area contributed by atoms with Crippen molar-refractivity contribution >= 4 is 41.3 Å². The summed E-state index contributed by atoms with van der Waals surface area (Å²) in [6.45, 7) is 14.2. The number of carbonyl (C=O) groups excluding carboxylic acids is 4. The first kappa shape index (κ1) is 33.5. The van der Waals surface area contributed by atoms with Crippen LogP contribution in [0.15, 0.2) is 24.3 Å². The second kappa shape index (κ2) is 15.3. The Kier molecular flexibility index (Phi) is 12.8. The number of hydrogen-bond acceptors (Lipinski definition) is 6. The zero-order chi connectivity index (χ0) is 30.0. The van der Waals surface area contributed by atoms with Gasteiger partial charge in [-0.3, -0.25) is 14.4 Å². The average Bonchev–Trinajstić information content (AvgIpc) is 2.88. The number of rotatable bonds is 11. The second-order valence-corrected chi connectivity index (χ2v) is 13.1. The first-order valence-corrected chi connectivity index (χ1v) is 15.6. The molecule has 1 aromatic carbocycles. The summed E-state index contributed by atoms with van der Waals surface area (Å²) < 4.78 is 5.35. The van der Waals surface area contributed by atoms with Gasteiger partial charge in [-0.05, 0) is 81.6 Å². The third-order valence-corrected chi connectivity index (χ3v) is 7.51. The molecular weight excluding hydrogens is 528 g/mol. The van der Waals surface area contributed by atoms with Crippen LogP contribution < -0.4 is 16.0 Å². The molecule has 0 radical (unpaired) electrons. The highest BCUT2D eigenvalue weighted by Crippen LogP contribution is 2.21. The molecule has 1 fully saturated rings. The fourth-order valence-electron chi connectivity index (χ4n) is 4.50. The lowest BCUT2D eigenvalue weighted by atomic mass is 9.93. The van der Waals surface area contributed by atoms with Crippen molar-refractivity contribution in [2.75, 3.05) is 30.4 Å². The molecule has 0 aromatic heterocycles. The topological polar surface area (TPSA) is 117 Å². The van der Waals surface area contributed by atoms with Crippen LogP contribution in [0.2, 0.25) is 0 Å². The van der Waals surface area contributed by atoms with E-state index in [-0.39, 0.29) is 29.6 Å². The van der Waals surface area contributed by atoms with Crippen molar-refractivity contribution in [3.05, 3.63) is 29.8 Å². The number of anilines is 1. The molecule has 2 atom stereocenters. The van der Waals surface area contributed by atoms with Gasteiger partial charge in [0.05, 0.1) is 0 Å². The lowest BCUT2D eigenvalue weighted by molar-refractivity contribution is -0.138. The largest absolute Gasteiger partial charge is 0.444 e. The first-order valence-electron chi connectivity index (χ1n) is 14.2. The Morgan fingerprint density at radius 1 is 1.00 bits per heavy atom. The van der Waals surface area contributed by atoms with E-state index in [1.807, 2.05) is 44.4 Å². The van der Waals surface area contributed by atoms with Crippen LogP contribution in [0.4, 0.5) is 10.5 Å². The predicted octanol–water partition coefficient (Wildman–Crippen LogP) is 4.77. The maximum Gasteiger partial charge on any atom is 0.408 e. The van der Waals surface area contributed by atoms with Crippen molar-refractivity contribution in [2.45, 2.75) is 91.3 Å². The fraction of sp³-hybridized carbons (Fsp3) is 0.667. The van der Waals surface area contributed by atoms with E-state index in [9.17, 15) is 19.2 Å². The minimum absolute atomic E-state index is 0.100. The number of piperidine rings is 1. The summed E-state index contributed by atoms with van der Waals surface area (Å²) in [4.78, 5) is 53.5. The van der Waals surface area contributed by atoms with Crippen molar-refractivity contribution in [1.82, 2.24) is 15.5 Å². The quantitative estimate of drug-likeness (QED) is 0.349. The van der Waals surface area contributed by atoms with Crippen LogP contribution in [0.5, 0.6) is 0 Å². The summed E-state index contributed by atoms with van der Waals surface area (Å²) in [6, 6.07) is 6.38. The molecule has 1 heterocycles. The molecule has 0 spiro atoms. The SMILES string of the molecule is CSCC[C@H](NC(=O)OC(C)(C)C)C(=O)N1CCC(C(=O)N[C@@H](C(=O)Nc2ccc(C(C)C)cc2)C(C)C)CC1. The summed E-state index contributed by atoms with van der Waals surface area (Å²) in [5.41, 5.74) is 1.22. The molecular formula is C30H48N4O5S. The Bertz CT molecular complexity index is 998. The van der Waals surface area contributed by atoms with E-state index in [0.29, 0.717) is 49.7 Å². The second-order valence-electron chi connectivity index (χ2n) is 12.1. The number of thioether (sulfide) groups is 1. The minimum atomic E-state index is -0.684. The highest BCUT2D eigenvalue weighted by molar-refractivity contribution is 7.98. The van der Waals surface area contributed by atoms with Gasteiger partial charge in [0.2, 0.25) is 17.7 Å². The van der Waals surface area contributed by atoms with Crippen LogP contribution in [0, 0.1) is 11.8 Å². The van der Waals surface area contributed by atoms with Crippen LogP contribution >= 0.6 is 11.8 Å². The van der Waals surface area contributed by atoms with Crippen LogP contribution in [0.1, 0.15) is 79.2 Å². The zero-order valence-corrected chi connectivity index (χ0v) is 26.2. The van der Waals surface area contributed by atoms with Gasteiger partial charge in [-0.2, -0.15) is 11.8 Å². The van der Waals surface area contributed by atoms with Crippen molar-refractivity contribution in [1.29, 1.82) is 0 Å². The molecule has 9 nitrogen and oxygen atoms in total. The van der Waals surface area contributed by atoms with Gasteiger partial charge in [0.15, 0.2) is 0 Å². The van der Waals surface area contributed by atoms with E-state index >= 15 is 0 Å². The van der Waals surface area contributed by atoms with Crippen LogP contribution in [-0.2, 0) is 19.1 Å². The molecule has 1 aliphatic rings. The van der Waals surface area contributed by atoms with E-state index in [0.717, 1.165) is 0 Å². The number of carbonyl (C=O) groups is 4. The van der Waals surface area contributed by atoms with Crippen LogP contribution in [0.25, 0.3) is 0 Å². The summed E-state index contributed by atoms with van der Waals surface area (Å²) in [5.74, 6) is 0.118. The van der Waals surface area contributed by atoms with Crippen molar-refractivity contribution in [3.63, 3.8) is 0 Å². The Balaban J connectivity index is 1.95. The number of nitrogens with zero attached hydrogens (tertiary/aromatic N) is 1. The van der Waals surface area contributed by atoms with Gasteiger partial charge in [-0.15, -0.1) is 0 Å². The molecule has 2 rings (SSSR count). The molecule has 1 saturated heterocycles. The van der Waals surface area contributed by atoms with E-state index in [2.05, 4.69) is 29.8 Å². The maximum absolute atomic E-state index is 13.3. The Labute approximate surface area is 243 Å². The van der Waals surface area contributed by atoms with E-state index in [4.69, 9.17) is 4.74 Å². The molecule has 0 aliphatic carbocycles. The predicted molar refractivity (Wildman–Crippen MR) is 161 cm³/mol. The van der Waals surface area contributed by atoms with E-state index in [1.54, 1.807) is 37.4 Å². The highest BCUT2D eigenvalue weighted by atomic mass is 32.2. The molecule has 1 aromatic rings. The van der Waals surface area contributed by atoms with Gasteiger partial charge in [-0.1, -0.05) is 39.8 Å². The standard InChI is InChI=1S/C30H48N4O5S/c1-19(2)21-9-11-23(12-10-21)31-27(36)25(20(3)4)33-26(35)22-13-16-34(17-14-22)28(37)24(15-18-40-8)32-29(38)39-30(5,6)7/h9-12,19-20,22,24-25H,13-18H2,1-8H3,(H,31,36)(H,32,38)(H,33,35)/t24-,25+/m0/s1. The molecule has 10 heteroatoms. The molecule has 40 heavy (non-hydrogen) atoms. The smallest absolute Gasteiger partial charge is 0.408 e. The summed E-state index contributed by atoms with van der Waals surface area (Å²) >= 11 is 1.60. The molecule has 0 saturated carbocycles.